The third kappa shape index (κ3) is 4.29. The van der Waals surface area contributed by atoms with E-state index >= 15 is 0 Å². The van der Waals surface area contributed by atoms with Crippen molar-refractivity contribution in [2.24, 2.45) is 16.8 Å². The lowest BCUT2D eigenvalue weighted by atomic mass is 9.85. The maximum atomic E-state index is 4.56. The van der Waals surface area contributed by atoms with E-state index in [0.29, 0.717) is 5.92 Å². The van der Waals surface area contributed by atoms with E-state index in [2.05, 4.69) is 46.5 Å². The Morgan fingerprint density at radius 1 is 0.824 bits per heavy atom. The Kier molecular flexibility index (Phi) is 8.20. The standard InChI is InChI=1S/C16H31N/c1-8-14(9-2)12(5)13(6)16(17-7)15(10-3)11-4/h14-15H,8-11H2,1-7H3/b13-12-,17-16?. The molecule has 0 unspecified atom stereocenters. The Morgan fingerprint density at radius 3 is 1.53 bits per heavy atom. The summed E-state index contributed by atoms with van der Waals surface area (Å²) < 4.78 is 0. The van der Waals surface area contributed by atoms with Crippen LogP contribution >= 0.6 is 0 Å². The first kappa shape index (κ1) is 16.4. The molecular formula is C16H31N. The van der Waals surface area contributed by atoms with Gasteiger partial charge in [0.2, 0.25) is 0 Å². The molecule has 0 aromatic carbocycles. The molecule has 1 nitrogen and oxygen atoms in total. The molecule has 0 radical (unpaired) electrons. The van der Waals surface area contributed by atoms with Gasteiger partial charge in [0.25, 0.3) is 0 Å². The molecular weight excluding hydrogens is 206 g/mol. The molecule has 0 aliphatic rings. The minimum absolute atomic E-state index is 0.629. The molecule has 0 saturated heterocycles. The number of rotatable bonds is 7. The lowest BCUT2D eigenvalue weighted by Crippen LogP contribution is -2.17. The highest BCUT2D eigenvalue weighted by Gasteiger charge is 2.17. The van der Waals surface area contributed by atoms with E-state index in [9.17, 15) is 0 Å². The van der Waals surface area contributed by atoms with Gasteiger partial charge >= 0.3 is 0 Å². The Bertz CT molecular complexity index is 265. The number of allylic oxidation sites excluding steroid dienone is 2. The van der Waals surface area contributed by atoms with Gasteiger partial charge < -0.3 is 0 Å². The molecule has 0 fully saturated rings. The molecule has 0 spiro atoms. The van der Waals surface area contributed by atoms with Crippen molar-refractivity contribution in [3.8, 4) is 0 Å². The van der Waals surface area contributed by atoms with Crippen LogP contribution in [0.1, 0.15) is 67.2 Å². The monoisotopic (exact) mass is 237 g/mol. The van der Waals surface area contributed by atoms with Crippen LogP contribution in [0.15, 0.2) is 16.1 Å². The van der Waals surface area contributed by atoms with Gasteiger partial charge in [0.1, 0.15) is 0 Å². The van der Waals surface area contributed by atoms with E-state index in [-0.39, 0.29) is 0 Å². The molecule has 0 aromatic rings. The Balaban J connectivity index is 5.21. The SMILES string of the molecule is CCC(CC)C(=NC)/C(C)=C(/C)C(CC)CC. The molecule has 0 amide bonds. The second-order valence-electron chi connectivity index (χ2n) is 4.94. The zero-order valence-corrected chi connectivity index (χ0v) is 12.9. The largest absolute Gasteiger partial charge is 0.293 e. The van der Waals surface area contributed by atoms with Crippen LogP contribution in [-0.4, -0.2) is 12.8 Å². The molecule has 17 heavy (non-hydrogen) atoms. The van der Waals surface area contributed by atoms with Crippen molar-refractivity contribution in [1.82, 2.24) is 0 Å². The van der Waals surface area contributed by atoms with Gasteiger partial charge in [0.15, 0.2) is 0 Å². The van der Waals surface area contributed by atoms with Crippen molar-refractivity contribution < 1.29 is 0 Å². The lowest BCUT2D eigenvalue weighted by molar-refractivity contribution is 0.566. The molecule has 1 heteroatoms. The Labute approximate surface area is 108 Å². The molecule has 0 N–H and O–H groups in total. The highest BCUT2D eigenvalue weighted by atomic mass is 14.7. The minimum atomic E-state index is 0.629. The topological polar surface area (TPSA) is 12.4 Å². The van der Waals surface area contributed by atoms with E-state index in [4.69, 9.17) is 0 Å². The third-order valence-corrected chi connectivity index (χ3v) is 4.19. The maximum Gasteiger partial charge on any atom is 0.0404 e. The summed E-state index contributed by atoms with van der Waals surface area (Å²) in [5.74, 6) is 1.35. The van der Waals surface area contributed by atoms with Crippen molar-refractivity contribution >= 4 is 5.71 Å². The predicted molar refractivity (Wildman–Crippen MR) is 79.9 cm³/mol. The smallest absolute Gasteiger partial charge is 0.0404 e. The van der Waals surface area contributed by atoms with E-state index in [0.717, 1.165) is 5.92 Å². The molecule has 0 atom stereocenters. The quantitative estimate of drug-likeness (QED) is 0.535. The van der Waals surface area contributed by atoms with Crippen LogP contribution in [0.25, 0.3) is 0 Å². The van der Waals surface area contributed by atoms with Crippen LogP contribution < -0.4 is 0 Å². The van der Waals surface area contributed by atoms with Crippen molar-refractivity contribution in [3.05, 3.63) is 11.1 Å². The van der Waals surface area contributed by atoms with E-state index in [1.54, 1.807) is 5.57 Å². The zero-order chi connectivity index (χ0) is 13.4. The third-order valence-electron chi connectivity index (χ3n) is 4.19. The number of hydrogen-bond acceptors (Lipinski definition) is 1. The molecule has 0 rings (SSSR count). The molecule has 0 aromatic heterocycles. The van der Waals surface area contributed by atoms with Crippen molar-refractivity contribution in [3.63, 3.8) is 0 Å². The molecule has 0 bridgehead atoms. The van der Waals surface area contributed by atoms with Gasteiger partial charge in [-0.2, -0.15) is 0 Å². The maximum absolute atomic E-state index is 4.56. The molecule has 0 aliphatic carbocycles. The Morgan fingerprint density at radius 2 is 1.24 bits per heavy atom. The lowest BCUT2D eigenvalue weighted by Gasteiger charge is -2.22. The Hall–Kier alpha value is -0.590. The average Bonchev–Trinajstić information content (AvgIpc) is 2.36. The molecule has 0 saturated carbocycles. The fraction of sp³-hybridized carbons (Fsp3) is 0.812. The fourth-order valence-corrected chi connectivity index (χ4v) is 2.74. The summed E-state index contributed by atoms with van der Waals surface area (Å²) in [6.45, 7) is 13.6. The van der Waals surface area contributed by atoms with Gasteiger partial charge in [-0.3, -0.25) is 4.99 Å². The average molecular weight is 237 g/mol. The first-order valence-electron chi connectivity index (χ1n) is 7.21. The fourth-order valence-electron chi connectivity index (χ4n) is 2.74. The van der Waals surface area contributed by atoms with Crippen LogP contribution in [0.3, 0.4) is 0 Å². The summed E-state index contributed by atoms with van der Waals surface area (Å²) in [7, 11) is 1.94. The van der Waals surface area contributed by atoms with Crippen LogP contribution in [-0.2, 0) is 0 Å². The first-order chi connectivity index (χ1) is 8.06. The summed E-state index contributed by atoms with van der Waals surface area (Å²) in [6.07, 6.45) is 4.85. The number of nitrogens with zero attached hydrogens (tertiary/aromatic N) is 1. The molecule has 100 valence electrons. The van der Waals surface area contributed by atoms with Gasteiger partial charge in [0.05, 0.1) is 0 Å². The van der Waals surface area contributed by atoms with Crippen molar-refractivity contribution in [2.45, 2.75) is 67.2 Å². The van der Waals surface area contributed by atoms with Crippen LogP contribution in [0, 0.1) is 11.8 Å². The van der Waals surface area contributed by atoms with Crippen LogP contribution in [0.5, 0.6) is 0 Å². The van der Waals surface area contributed by atoms with Gasteiger partial charge in [-0.1, -0.05) is 33.3 Å². The summed E-state index contributed by atoms with van der Waals surface area (Å²) in [6, 6.07) is 0. The predicted octanol–water partition coefficient (Wildman–Crippen LogP) is 5.27. The second-order valence-corrected chi connectivity index (χ2v) is 4.94. The van der Waals surface area contributed by atoms with Crippen molar-refractivity contribution in [2.75, 3.05) is 7.05 Å². The van der Waals surface area contributed by atoms with Gasteiger partial charge in [-0.15, -0.1) is 0 Å². The normalized spacial score (nSPS) is 14.5. The highest BCUT2D eigenvalue weighted by Crippen LogP contribution is 2.25. The number of hydrogen-bond donors (Lipinski definition) is 0. The van der Waals surface area contributed by atoms with E-state index in [1.165, 1.54) is 37.0 Å². The van der Waals surface area contributed by atoms with Crippen molar-refractivity contribution in [1.29, 1.82) is 0 Å². The van der Waals surface area contributed by atoms with Crippen LogP contribution in [0.2, 0.25) is 0 Å². The summed E-state index contributed by atoms with van der Waals surface area (Å²) >= 11 is 0. The summed E-state index contributed by atoms with van der Waals surface area (Å²) in [5, 5.41) is 0. The summed E-state index contributed by atoms with van der Waals surface area (Å²) in [5.41, 5.74) is 4.32. The molecule has 0 heterocycles. The second kappa shape index (κ2) is 8.49. The highest BCUT2D eigenvalue weighted by molar-refractivity contribution is 6.01. The zero-order valence-electron chi connectivity index (χ0n) is 12.9. The molecule has 0 aliphatic heterocycles. The minimum Gasteiger partial charge on any atom is -0.293 e. The van der Waals surface area contributed by atoms with Gasteiger partial charge in [-0.05, 0) is 51.0 Å². The first-order valence-corrected chi connectivity index (χ1v) is 7.21. The van der Waals surface area contributed by atoms with Gasteiger partial charge in [0, 0.05) is 18.7 Å². The van der Waals surface area contributed by atoms with Crippen LogP contribution in [0.4, 0.5) is 0 Å². The van der Waals surface area contributed by atoms with Gasteiger partial charge in [-0.25, -0.2) is 0 Å². The van der Waals surface area contributed by atoms with E-state index in [1.807, 2.05) is 7.05 Å². The van der Waals surface area contributed by atoms with E-state index < -0.39 is 0 Å². The number of aliphatic imine (C=N–C) groups is 1. The summed E-state index contributed by atoms with van der Waals surface area (Å²) in [4.78, 5) is 4.56.